The van der Waals surface area contributed by atoms with Crippen molar-refractivity contribution in [3.8, 4) is 0 Å². The molecule has 3 aromatic rings. The lowest BCUT2D eigenvalue weighted by Gasteiger charge is -2.11. The second-order valence-corrected chi connectivity index (χ2v) is 5.28. The first kappa shape index (κ1) is 13.5. The molecule has 0 bridgehead atoms. The van der Waals surface area contributed by atoms with E-state index in [1.807, 2.05) is 18.2 Å². The maximum Gasteiger partial charge on any atom is 0.372 e. The molecular formula is C13H12N4O3S. The third-order valence-corrected chi connectivity index (χ3v) is 3.81. The monoisotopic (exact) mass is 304 g/mol. The number of aromatic nitrogens is 2. The van der Waals surface area contributed by atoms with Crippen molar-refractivity contribution in [1.82, 2.24) is 9.38 Å². The summed E-state index contributed by atoms with van der Waals surface area (Å²) in [5.41, 5.74) is 0.744. The average molecular weight is 304 g/mol. The van der Waals surface area contributed by atoms with Crippen LogP contribution in [0.5, 0.6) is 0 Å². The maximum atomic E-state index is 11.2. The Hall–Kier alpha value is -2.45. The van der Waals surface area contributed by atoms with Crippen LogP contribution in [0.4, 0.5) is 11.6 Å². The Kier molecular flexibility index (Phi) is 3.55. The van der Waals surface area contributed by atoms with Gasteiger partial charge < -0.3 is 20.5 Å². The van der Waals surface area contributed by atoms with E-state index in [-0.39, 0.29) is 18.2 Å². The number of nitro groups is 1. The molecule has 0 fully saturated rings. The standard InChI is InChI=1S/C13H12N4O3S/c18-10(9-4-2-1-3-5-9)8-14-11-12(17(19)20)16-6-7-21-13(16)15-11/h1-7,10,14,18H,8H2/t10-/m1/s1. The third kappa shape index (κ3) is 2.58. The molecule has 108 valence electrons. The van der Waals surface area contributed by atoms with E-state index < -0.39 is 11.0 Å². The highest BCUT2D eigenvalue weighted by molar-refractivity contribution is 7.15. The van der Waals surface area contributed by atoms with Gasteiger partial charge in [-0.15, -0.1) is 0 Å². The second kappa shape index (κ2) is 5.51. The Morgan fingerprint density at radius 3 is 2.90 bits per heavy atom. The number of hydrogen-bond donors (Lipinski definition) is 2. The summed E-state index contributed by atoms with van der Waals surface area (Å²) in [6.07, 6.45) is 0.842. The van der Waals surface area contributed by atoms with Gasteiger partial charge in [-0.05, 0) is 10.5 Å². The third-order valence-electron chi connectivity index (χ3n) is 3.06. The van der Waals surface area contributed by atoms with Crippen molar-refractivity contribution in [2.75, 3.05) is 11.9 Å². The van der Waals surface area contributed by atoms with Gasteiger partial charge in [0.05, 0.1) is 6.10 Å². The van der Waals surface area contributed by atoms with E-state index >= 15 is 0 Å². The smallest absolute Gasteiger partial charge is 0.372 e. The van der Waals surface area contributed by atoms with Gasteiger partial charge in [-0.3, -0.25) is 0 Å². The van der Waals surface area contributed by atoms with Crippen molar-refractivity contribution in [2.45, 2.75) is 6.10 Å². The molecular weight excluding hydrogens is 292 g/mol. The van der Waals surface area contributed by atoms with Crippen LogP contribution < -0.4 is 5.32 Å². The molecule has 0 spiro atoms. The van der Waals surface area contributed by atoms with Gasteiger partial charge in [-0.2, -0.15) is 9.38 Å². The van der Waals surface area contributed by atoms with E-state index in [2.05, 4.69) is 10.3 Å². The minimum Gasteiger partial charge on any atom is -0.387 e. The van der Waals surface area contributed by atoms with Crippen LogP contribution in [0, 0.1) is 10.1 Å². The number of fused-ring (bicyclic) bond motifs is 1. The number of benzene rings is 1. The minimum absolute atomic E-state index is 0.119. The normalized spacial score (nSPS) is 12.4. The maximum absolute atomic E-state index is 11.2. The number of rotatable bonds is 5. The first-order valence-corrected chi connectivity index (χ1v) is 7.11. The van der Waals surface area contributed by atoms with Gasteiger partial charge in [0, 0.05) is 11.9 Å². The van der Waals surface area contributed by atoms with Crippen LogP contribution in [0.15, 0.2) is 41.9 Å². The molecule has 0 aliphatic carbocycles. The van der Waals surface area contributed by atoms with Gasteiger partial charge in [-0.25, -0.2) is 0 Å². The lowest BCUT2D eigenvalue weighted by Crippen LogP contribution is -2.13. The Balaban J connectivity index is 1.80. The quantitative estimate of drug-likeness (QED) is 0.558. The molecule has 0 aliphatic heterocycles. The molecule has 0 saturated heterocycles. The molecule has 2 aromatic heterocycles. The fraction of sp³-hybridized carbons (Fsp3) is 0.154. The predicted octanol–water partition coefficient (Wildman–Crippen LogP) is 2.45. The second-order valence-electron chi connectivity index (χ2n) is 4.40. The van der Waals surface area contributed by atoms with Crippen LogP contribution in [-0.2, 0) is 0 Å². The van der Waals surface area contributed by atoms with Crippen LogP contribution in [0.3, 0.4) is 0 Å². The van der Waals surface area contributed by atoms with Crippen molar-refractivity contribution < 1.29 is 10.0 Å². The molecule has 0 aliphatic rings. The minimum atomic E-state index is -0.759. The number of thiazole rings is 1. The largest absolute Gasteiger partial charge is 0.387 e. The summed E-state index contributed by atoms with van der Waals surface area (Å²) < 4.78 is 1.42. The molecule has 8 heteroatoms. The Bertz CT molecular complexity index is 768. The van der Waals surface area contributed by atoms with E-state index in [1.165, 1.54) is 15.7 Å². The van der Waals surface area contributed by atoms with Crippen molar-refractivity contribution >= 4 is 27.9 Å². The highest BCUT2D eigenvalue weighted by Gasteiger charge is 2.23. The summed E-state index contributed by atoms with van der Waals surface area (Å²) in [4.78, 5) is 15.4. The van der Waals surface area contributed by atoms with Gasteiger partial charge in [0.15, 0.2) is 0 Å². The molecule has 3 rings (SSSR count). The van der Waals surface area contributed by atoms with Gasteiger partial charge in [0.25, 0.3) is 4.96 Å². The topological polar surface area (TPSA) is 92.7 Å². The van der Waals surface area contributed by atoms with Crippen molar-refractivity contribution in [1.29, 1.82) is 0 Å². The first-order valence-electron chi connectivity index (χ1n) is 6.23. The average Bonchev–Trinajstić information content (AvgIpc) is 3.05. The molecule has 0 unspecified atom stereocenters. The van der Waals surface area contributed by atoms with E-state index in [1.54, 1.807) is 23.7 Å². The number of nitrogens with zero attached hydrogens (tertiary/aromatic N) is 3. The fourth-order valence-corrected chi connectivity index (χ4v) is 2.76. The molecule has 21 heavy (non-hydrogen) atoms. The predicted molar refractivity (Wildman–Crippen MR) is 79.6 cm³/mol. The van der Waals surface area contributed by atoms with Crippen molar-refractivity contribution in [3.05, 3.63) is 57.6 Å². The Labute approximate surface area is 123 Å². The zero-order valence-corrected chi connectivity index (χ0v) is 11.7. The molecule has 1 atom stereocenters. The van der Waals surface area contributed by atoms with E-state index in [0.29, 0.717) is 4.96 Å². The molecule has 0 saturated carbocycles. The number of nitrogens with one attached hydrogen (secondary N) is 1. The molecule has 7 nitrogen and oxygen atoms in total. The van der Waals surface area contributed by atoms with Gasteiger partial charge in [0.1, 0.15) is 6.20 Å². The SMILES string of the molecule is O=[N+]([O-])c1c(NC[C@@H](O)c2ccccc2)nc2sccn12. The number of aliphatic hydroxyl groups excluding tert-OH is 1. The summed E-state index contributed by atoms with van der Waals surface area (Å²) >= 11 is 1.32. The number of imidazole rings is 1. The number of hydrogen-bond acceptors (Lipinski definition) is 6. The number of anilines is 1. The van der Waals surface area contributed by atoms with Crippen LogP contribution in [0.25, 0.3) is 4.96 Å². The molecule has 2 N–H and O–H groups in total. The van der Waals surface area contributed by atoms with E-state index in [0.717, 1.165) is 5.56 Å². The first-order chi connectivity index (χ1) is 10.2. The number of aliphatic hydroxyl groups is 1. The highest BCUT2D eigenvalue weighted by Crippen LogP contribution is 2.28. The zero-order valence-electron chi connectivity index (χ0n) is 10.8. The molecule has 1 aromatic carbocycles. The van der Waals surface area contributed by atoms with Crippen LogP contribution >= 0.6 is 11.3 Å². The summed E-state index contributed by atoms with van der Waals surface area (Å²) in [6, 6.07) is 9.11. The summed E-state index contributed by atoms with van der Waals surface area (Å²) in [5.74, 6) is 0.0494. The fourth-order valence-electron chi connectivity index (χ4n) is 2.05. The van der Waals surface area contributed by atoms with Gasteiger partial charge in [-0.1, -0.05) is 41.7 Å². The summed E-state index contributed by atoms with van der Waals surface area (Å²) in [5, 5.41) is 25.8. The lowest BCUT2D eigenvalue weighted by molar-refractivity contribution is -0.389. The molecule has 0 amide bonds. The van der Waals surface area contributed by atoms with Crippen molar-refractivity contribution in [2.24, 2.45) is 0 Å². The molecule has 2 heterocycles. The Morgan fingerprint density at radius 1 is 1.43 bits per heavy atom. The summed E-state index contributed by atoms with van der Waals surface area (Å²) in [6.45, 7) is 0.148. The Morgan fingerprint density at radius 2 is 2.19 bits per heavy atom. The van der Waals surface area contributed by atoms with E-state index in [9.17, 15) is 15.2 Å². The van der Waals surface area contributed by atoms with Crippen LogP contribution in [-0.4, -0.2) is 26.0 Å². The molecule has 0 radical (unpaired) electrons. The van der Waals surface area contributed by atoms with Crippen LogP contribution in [0.1, 0.15) is 11.7 Å². The zero-order chi connectivity index (χ0) is 14.8. The van der Waals surface area contributed by atoms with Crippen molar-refractivity contribution in [3.63, 3.8) is 0 Å². The lowest BCUT2D eigenvalue weighted by atomic mass is 10.1. The van der Waals surface area contributed by atoms with Crippen LogP contribution in [0.2, 0.25) is 0 Å². The highest BCUT2D eigenvalue weighted by atomic mass is 32.1. The van der Waals surface area contributed by atoms with Gasteiger partial charge >= 0.3 is 5.82 Å². The van der Waals surface area contributed by atoms with Gasteiger partial charge in [0.2, 0.25) is 5.82 Å². The summed E-state index contributed by atoms with van der Waals surface area (Å²) in [7, 11) is 0. The van der Waals surface area contributed by atoms with E-state index in [4.69, 9.17) is 0 Å².